The second-order valence-electron chi connectivity index (χ2n) is 5.63. The van der Waals surface area contributed by atoms with Crippen LogP contribution in [0.3, 0.4) is 0 Å². The first-order valence-electron chi connectivity index (χ1n) is 7.30. The largest absolute Gasteiger partial charge is 0.282 e. The van der Waals surface area contributed by atoms with Gasteiger partial charge in [-0.05, 0) is 48.2 Å². The van der Waals surface area contributed by atoms with Gasteiger partial charge in [-0.15, -0.1) is 0 Å². The van der Waals surface area contributed by atoms with Crippen LogP contribution in [0.1, 0.15) is 22.4 Å². The number of benzene rings is 2. The molecule has 2 nitrogen and oxygen atoms in total. The van der Waals surface area contributed by atoms with Crippen LogP contribution in [-0.2, 0) is 19.3 Å². The first kappa shape index (κ1) is 14.2. The Morgan fingerprint density at radius 3 is 2.55 bits per heavy atom. The van der Waals surface area contributed by atoms with Crippen LogP contribution in [0.2, 0.25) is 0 Å². The number of H-pyrrole nitrogens is 1. The molecule has 1 aliphatic rings. The van der Waals surface area contributed by atoms with Crippen LogP contribution < -0.4 is 0 Å². The molecule has 0 atom stereocenters. The average molecular weight is 418 g/mol. The fourth-order valence-corrected chi connectivity index (χ4v) is 3.68. The zero-order valence-electron chi connectivity index (χ0n) is 11.9. The molecule has 0 radical (unpaired) electrons. The molecule has 1 aromatic heterocycles. The van der Waals surface area contributed by atoms with E-state index in [1.54, 1.807) is 0 Å². The molecule has 0 unspecified atom stereocenters. The summed E-state index contributed by atoms with van der Waals surface area (Å²) in [6, 6.07) is 15.0. The van der Waals surface area contributed by atoms with Gasteiger partial charge in [-0.2, -0.15) is 5.10 Å². The zero-order chi connectivity index (χ0) is 15.1. The lowest BCUT2D eigenvalue weighted by molar-refractivity contribution is 0.880. The van der Waals surface area contributed by atoms with E-state index in [4.69, 9.17) is 0 Å². The standard InChI is InChI=1S/C18H14Br2N2/c19-13-5-1-11(2-6-13)3-8-17-16-9-12-4-7-14(20)10-15(12)18(16)22-21-17/h1-2,4-7,10H,3,8-9H2,(H,21,22). The van der Waals surface area contributed by atoms with E-state index in [0.29, 0.717) is 0 Å². The fourth-order valence-electron chi connectivity index (χ4n) is 3.06. The van der Waals surface area contributed by atoms with Crippen LogP contribution in [0.25, 0.3) is 11.3 Å². The lowest BCUT2D eigenvalue weighted by Crippen LogP contribution is -1.95. The van der Waals surface area contributed by atoms with E-state index in [0.717, 1.165) is 33.9 Å². The average Bonchev–Trinajstić information content (AvgIpc) is 3.06. The van der Waals surface area contributed by atoms with Crippen molar-refractivity contribution in [3.8, 4) is 11.3 Å². The maximum absolute atomic E-state index is 4.55. The number of rotatable bonds is 3. The van der Waals surface area contributed by atoms with Crippen molar-refractivity contribution in [3.63, 3.8) is 0 Å². The topological polar surface area (TPSA) is 28.7 Å². The molecule has 0 saturated carbocycles. The molecule has 0 spiro atoms. The van der Waals surface area contributed by atoms with Crippen molar-refractivity contribution < 1.29 is 0 Å². The lowest BCUT2D eigenvalue weighted by Gasteiger charge is -2.02. The van der Waals surface area contributed by atoms with Crippen LogP contribution in [0.4, 0.5) is 0 Å². The van der Waals surface area contributed by atoms with Crippen LogP contribution in [0.5, 0.6) is 0 Å². The molecule has 0 bridgehead atoms. The molecule has 1 heterocycles. The molecule has 0 amide bonds. The SMILES string of the molecule is Brc1ccc(CCc2[nH]nc3c2Cc2ccc(Br)cc2-3)cc1. The minimum Gasteiger partial charge on any atom is -0.282 e. The van der Waals surface area contributed by atoms with Gasteiger partial charge in [0.15, 0.2) is 0 Å². The summed E-state index contributed by atoms with van der Waals surface area (Å²) in [6.45, 7) is 0. The van der Waals surface area contributed by atoms with Crippen LogP contribution >= 0.6 is 31.9 Å². The summed E-state index contributed by atoms with van der Waals surface area (Å²) in [7, 11) is 0. The second kappa shape index (κ2) is 5.67. The van der Waals surface area contributed by atoms with Crippen LogP contribution in [-0.4, -0.2) is 10.2 Å². The number of aryl methyl sites for hydroxylation is 2. The number of aromatic amines is 1. The summed E-state index contributed by atoms with van der Waals surface area (Å²) in [5, 5.41) is 7.80. The molecule has 1 N–H and O–H groups in total. The smallest absolute Gasteiger partial charge is 0.0962 e. The van der Waals surface area contributed by atoms with Crippen molar-refractivity contribution >= 4 is 31.9 Å². The Balaban J connectivity index is 1.57. The maximum atomic E-state index is 4.55. The van der Waals surface area contributed by atoms with Gasteiger partial charge in [-0.25, -0.2) is 0 Å². The van der Waals surface area contributed by atoms with Crippen molar-refractivity contribution in [2.75, 3.05) is 0 Å². The lowest BCUT2D eigenvalue weighted by atomic mass is 10.0. The van der Waals surface area contributed by atoms with Gasteiger partial charge in [0.25, 0.3) is 0 Å². The third-order valence-electron chi connectivity index (χ3n) is 4.22. The van der Waals surface area contributed by atoms with Gasteiger partial charge in [0.05, 0.1) is 5.69 Å². The van der Waals surface area contributed by atoms with E-state index in [2.05, 4.69) is 84.5 Å². The summed E-state index contributed by atoms with van der Waals surface area (Å²) in [5.41, 5.74) is 7.75. The molecule has 0 fully saturated rings. The predicted octanol–water partition coefficient (Wildman–Crippen LogP) is 5.29. The Morgan fingerprint density at radius 2 is 1.73 bits per heavy atom. The fraction of sp³-hybridized carbons (Fsp3) is 0.167. The minimum absolute atomic E-state index is 0.990. The van der Waals surface area contributed by atoms with E-state index < -0.39 is 0 Å². The van der Waals surface area contributed by atoms with Crippen molar-refractivity contribution in [2.24, 2.45) is 0 Å². The van der Waals surface area contributed by atoms with Gasteiger partial charge in [-0.1, -0.05) is 50.1 Å². The Labute approximate surface area is 146 Å². The van der Waals surface area contributed by atoms with E-state index in [-0.39, 0.29) is 0 Å². The number of halogens is 2. The Kier molecular flexibility index (Phi) is 3.66. The Bertz CT molecular complexity index is 835. The highest BCUT2D eigenvalue weighted by molar-refractivity contribution is 9.10. The summed E-state index contributed by atoms with van der Waals surface area (Å²) in [6.07, 6.45) is 3.02. The highest BCUT2D eigenvalue weighted by atomic mass is 79.9. The third-order valence-corrected chi connectivity index (χ3v) is 5.25. The number of aromatic nitrogens is 2. The molecule has 4 heteroatoms. The molecule has 0 aliphatic heterocycles. The van der Waals surface area contributed by atoms with E-state index >= 15 is 0 Å². The van der Waals surface area contributed by atoms with E-state index in [1.165, 1.54) is 27.9 Å². The Morgan fingerprint density at radius 1 is 0.955 bits per heavy atom. The van der Waals surface area contributed by atoms with Gasteiger partial charge >= 0.3 is 0 Å². The first-order chi connectivity index (χ1) is 10.7. The van der Waals surface area contributed by atoms with Crippen molar-refractivity contribution in [1.29, 1.82) is 0 Å². The normalized spacial score (nSPS) is 12.3. The summed E-state index contributed by atoms with van der Waals surface area (Å²) >= 11 is 7.03. The molecule has 22 heavy (non-hydrogen) atoms. The predicted molar refractivity (Wildman–Crippen MR) is 96.1 cm³/mol. The van der Waals surface area contributed by atoms with Crippen molar-refractivity contribution in [2.45, 2.75) is 19.3 Å². The quantitative estimate of drug-likeness (QED) is 0.481. The van der Waals surface area contributed by atoms with Crippen molar-refractivity contribution in [1.82, 2.24) is 10.2 Å². The summed E-state index contributed by atoms with van der Waals surface area (Å²) in [4.78, 5) is 0. The van der Waals surface area contributed by atoms with Gasteiger partial charge in [0.1, 0.15) is 0 Å². The van der Waals surface area contributed by atoms with Gasteiger partial charge in [0.2, 0.25) is 0 Å². The molecular weight excluding hydrogens is 404 g/mol. The number of hydrogen-bond acceptors (Lipinski definition) is 1. The monoisotopic (exact) mass is 416 g/mol. The molecular formula is C18H14Br2N2. The molecule has 1 aliphatic carbocycles. The number of nitrogens with one attached hydrogen (secondary N) is 1. The Hall–Kier alpha value is -1.39. The summed E-state index contributed by atoms with van der Waals surface area (Å²) in [5.74, 6) is 0. The highest BCUT2D eigenvalue weighted by Crippen LogP contribution is 2.38. The van der Waals surface area contributed by atoms with Crippen LogP contribution in [0, 0.1) is 0 Å². The molecule has 3 aromatic rings. The van der Waals surface area contributed by atoms with Crippen molar-refractivity contribution in [3.05, 3.63) is 73.8 Å². The molecule has 2 aromatic carbocycles. The van der Waals surface area contributed by atoms with E-state index in [9.17, 15) is 0 Å². The second-order valence-corrected chi connectivity index (χ2v) is 7.47. The molecule has 0 saturated heterocycles. The summed E-state index contributed by atoms with van der Waals surface area (Å²) < 4.78 is 2.23. The zero-order valence-corrected chi connectivity index (χ0v) is 15.0. The van der Waals surface area contributed by atoms with E-state index in [1.807, 2.05) is 0 Å². The number of hydrogen-bond donors (Lipinski definition) is 1. The highest BCUT2D eigenvalue weighted by Gasteiger charge is 2.24. The number of fused-ring (bicyclic) bond motifs is 3. The van der Waals surface area contributed by atoms with Gasteiger partial charge in [0, 0.05) is 32.2 Å². The minimum atomic E-state index is 0.990. The molecule has 110 valence electrons. The van der Waals surface area contributed by atoms with Gasteiger partial charge in [-0.3, -0.25) is 5.10 Å². The first-order valence-corrected chi connectivity index (χ1v) is 8.88. The third kappa shape index (κ3) is 2.55. The molecule has 4 rings (SSSR count). The number of nitrogens with zero attached hydrogens (tertiary/aromatic N) is 1. The van der Waals surface area contributed by atoms with Gasteiger partial charge < -0.3 is 0 Å². The maximum Gasteiger partial charge on any atom is 0.0962 e. The van der Waals surface area contributed by atoms with Crippen LogP contribution in [0.15, 0.2) is 51.4 Å².